The van der Waals surface area contributed by atoms with Crippen molar-refractivity contribution in [2.45, 2.75) is 11.8 Å². The van der Waals surface area contributed by atoms with Gasteiger partial charge >= 0.3 is 0 Å². The second-order valence-electron chi connectivity index (χ2n) is 5.96. The molecule has 0 saturated carbocycles. The highest BCUT2D eigenvalue weighted by atomic mass is 35.5. The average molecular weight is 432 g/mol. The summed E-state index contributed by atoms with van der Waals surface area (Å²) >= 11 is 6.95. The van der Waals surface area contributed by atoms with Crippen molar-refractivity contribution in [2.24, 2.45) is 0 Å². The number of rotatable bonds is 7. The molecule has 0 bridgehead atoms. The summed E-state index contributed by atoms with van der Waals surface area (Å²) < 4.78 is 16.3. The lowest BCUT2D eigenvalue weighted by atomic mass is 10.1. The van der Waals surface area contributed by atoms with Crippen LogP contribution in [0.25, 0.3) is 0 Å². The smallest absolute Gasteiger partial charge is 0.277 e. The van der Waals surface area contributed by atoms with Crippen LogP contribution in [0.15, 0.2) is 52.1 Å². The monoisotopic (exact) mass is 431 g/mol. The van der Waals surface area contributed by atoms with Crippen molar-refractivity contribution in [3.8, 4) is 11.5 Å². The highest BCUT2D eigenvalue weighted by Gasteiger charge is 2.18. The fourth-order valence-electron chi connectivity index (χ4n) is 2.50. The fraction of sp³-hybridized carbons (Fsp3) is 0.158. The molecule has 1 amide bonds. The summed E-state index contributed by atoms with van der Waals surface area (Å²) in [5.74, 6) is 1.17. The van der Waals surface area contributed by atoms with Crippen LogP contribution >= 0.6 is 23.4 Å². The van der Waals surface area contributed by atoms with Crippen LogP contribution in [0.5, 0.6) is 11.5 Å². The first-order chi connectivity index (χ1) is 14.1. The number of halogens is 1. The van der Waals surface area contributed by atoms with Crippen molar-refractivity contribution in [3.05, 3.63) is 58.9 Å². The average Bonchev–Trinajstić information content (AvgIpc) is 3.19. The van der Waals surface area contributed by atoms with E-state index in [-0.39, 0.29) is 35.9 Å². The largest absolute Gasteiger partial charge is 0.484 e. The van der Waals surface area contributed by atoms with Gasteiger partial charge in [0.15, 0.2) is 19.0 Å². The lowest BCUT2D eigenvalue weighted by Gasteiger charge is -2.18. The minimum Gasteiger partial charge on any atom is -0.484 e. The van der Waals surface area contributed by atoms with E-state index in [1.165, 1.54) is 0 Å². The molecule has 1 aromatic heterocycles. The molecular formula is C19H14ClN3O5S. The number of amides is 1. The molecule has 1 aliphatic heterocycles. The molecule has 1 N–H and O–H groups in total. The van der Waals surface area contributed by atoms with Gasteiger partial charge < -0.3 is 19.2 Å². The van der Waals surface area contributed by atoms with E-state index in [2.05, 4.69) is 15.5 Å². The molecule has 1 aliphatic rings. The predicted octanol–water partition coefficient (Wildman–Crippen LogP) is 3.61. The molecule has 0 unspecified atom stereocenters. The van der Waals surface area contributed by atoms with Crippen LogP contribution in [0.4, 0.5) is 5.69 Å². The highest BCUT2D eigenvalue weighted by Crippen LogP contribution is 2.29. The minimum absolute atomic E-state index is 0.0304. The summed E-state index contributed by atoms with van der Waals surface area (Å²) in [6.07, 6.45) is 0. The van der Waals surface area contributed by atoms with Gasteiger partial charge in [0.1, 0.15) is 11.5 Å². The van der Waals surface area contributed by atoms with Gasteiger partial charge in [0.25, 0.3) is 17.0 Å². The van der Waals surface area contributed by atoms with Gasteiger partial charge in [-0.15, -0.1) is 10.2 Å². The highest BCUT2D eigenvalue weighted by molar-refractivity contribution is 7.99. The number of ether oxygens (including phenoxy) is 2. The molecule has 148 valence electrons. The SMILES string of the molecule is O=C1COc2ccc(C(=O)CSc3nnc(COc4ccc(Cl)cc4)o3)cc2N1. The van der Waals surface area contributed by atoms with Crippen molar-refractivity contribution < 1.29 is 23.5 Å². The zero-order valence-corrected chi connectivity index (χ0v) is 16.5. The number of Topliss-reactive ketones (excluding diaryl/α,β-unsaturated/α-hetero) is 1. The molecular weight excluding hydrogens is 418 g/mol. The third-order valence-electron chi connectivity index (χ3n) is 3.89. The topological polar surface area (TPSA) is 104 Å². The zero-order valence-electron chi connectivity index (χ0n) is 14.9. The summed E-state index contributed by atoms with van der Waals surface area (Å²) in [5.41, 5.74) is 0.935. The normalized spacial score (nSPS) is 12.7. The standard InChI is InChI=1S/C19H14ClN3O5S/c20-12-2-4-13(5-3-12)26-9-18-22-23-19(28-18)29-10-15(24)11-1-6-16-14(7-11)21-17(25)8-27-16/h1-7H,8-10H2,(H,21,25). The molecule has 10 heteroatoms. The summed E-state index contributed by atoms with van der Waals surface area (Å²) in [6, 6.07) is 11.8. The molecule has 2 heterocycles. The Morgan fingerprint density at radius 2 is 2.03 bits per heavy atom. The Kier molecular flexibility index (Phi) is 5.68. The van der Waals surface area contributed by atoms with Crippen LogP contribution in [-0.4, -0.2) is 34.2 Å². The number of nitrogens with zero attached hydrogens (tertiary/aromatic N) is 2. The van der Waals surface area contributed by atoms with Crippen LogP contribution in [-0.2, 0) is 11.4 Å². The van der Waals surface area contributed by atoms with Crippen LogP contribution in [0.1, 0.15) is 16.2 Å². The molecule has 4 rings (SSSR count). The molecule has 8 nitrogen and oxygen atoms in total. The van der Waals surface area contributed by atoms with Crippen LogP contribution < -0.4 is 14.8 Å². The quantitative estimate of drug-likeness (QED) is 0.447. The van der Waals surface area contributed by atoms with E-state index in [0.717, 1.165) is 11.8 Å². The van der Waals surface area contributed by atoms with Gasteiger partial charge in [0.2, 0.25) is 0 Å². The van der Waals surface area contributed by atoms with Crippen LogP contribution in [0.3, 0.4) is 0 Å². The Morgan fingerprint density at radius 3 is 2.86 bits per heavy atom. The minimum atomic E-state index is -0.254. The Morgan fingerprint density at radius 1 is 1.21 bits per heavy atom. The van der Waals surface area contributed by atoms with Crippen molar-refractivity contribution in [3.63, 3.8) is 0 Å². The van der Waals surface area contributed by atoms with Gasteiger partial charge in [-0.2, -0.15) is 0 Å². The van der Waals surface area contributed by atoms with Gasteiger partial charge in [-0.3, -0.25) is 9.59 Å². The van der Waals surface area contributed by atoms with Crippen molar-refractivity contribution in [1.82, 2.24) is 10.2 Å². The third kappa shape index (κ3) is 4.87. The molecule has 0 atom stereocenters. The summed E-state index contributed by atoms with van der Waals surface area (Å²) in [5, 5.41) is 11.4. The van der Waals surface area contributed by atoms with Crippen molar-refractivity contribution in [2.75, 3.05) is 17.7 Å². The molecule has 3 aromatic rings. The number of hydrogen-bond donors (Lipinski definition) is 1. The first-order valence-corrected chi connectivity index (χ1v) is 9.86. The van der Waals surface area contributed by atoms with Crippen LogP contribution in [0, 0.1) is 0 Å². The number of carbonyl (C=O) groups excluding carboxylic acids is 2. The molecule has 29 heavy (non-hydrogen) atoms. The van der Waals surface area contributed by atoms with Gasteiger partial charge in [0, 0.05) is 10.6 Å². The number of thioether (sulfide) groups is 1. The molecule has 0 spiro atoms. The number of fused-ring (bicyclic) bond motifs is 1. The summed E-state index contributed by atoms with van der Waals surface area (Å²) in [7, 11) is 0. The number of hydrogen-bond acceptors (Lipinski definition) is 8. The van der Waals surface area contributed by atoms with E-state index < -0.39 is 0 Å². The number of ketones is 1. The lowest BCUT2D eigenvalue weighted by molar-refractivity contribution is -0.118. The number of nitrogens with one attached hydrogen (secondary N) is 1. The van der Waals surface area contributed by atoms with E-state index in [1.54, 1.807) is 42.5 Å². The maximum atomic E-state index is 12.4. The number of anilines is 1. The molecule has 2 aromatic carbocycles. The van der Waals surface area contributed by atoms with Crippen molar-refractivity contribution >= 4 is 40.7 Å². The lowest BCUT2D eigenvalue weighted by Crippen LogP contribution is -2.25. The van der Waals surface area contributed by atoms with Gasteiger partial charge in [0.05, 0.1) is 11.4 Å². The van der Waals surface area contributed by atoms with E-state index >= 15 is 0 Å². The first kappa shape index (κ1) is 19.3. The second kappa shape index (κ2) is 8.54. The van der Waals surface area contributed by atoms with Gasteiger partial charge in [-0.05, 0) is 42.5 Å². The van der Waals surface area contributed by atoms with Crippen molar-refractivity contribution in [1.29, 1.82) is 0 Å². The zero-order chi connectivity index (χ0) is 20.2. The number of aromatic nitrogens is 2. The number of benzene rings is 2. The second-order valence-corrected chi connectivity index (χ2v) is 7.33. The maximum absolute atomic E-state index is 12.4. The van der Waals surface area contributed by atoms with E-state index in [4.69, 9.17) is 25.5 Å². The van der Waals surface area contributed by atoms with E-state index in [9.17, 15) is 9.59 Å². The Labute approximate surface area is 174 Å². The molecule has 0 radical (unpaired) electrons. The summed E-state index contributed by atoms with van der Waals surface area (Å²) in [6.45, 7) is 0.0744. The third-order valence-corrected chi connectivity index (χ3v) is 4.96. The Balaban J connectivity index is 1.31. The maximum Gasteiger partial charge on any atom is 0.277 e. The Bertz CT molecular complexity index is 1050. The molecule has 0 saturated heterocycles. The molecule has 0 fully saturated rings. The summed E-state index contributed by atoms with van der Waals surface area (Å²) in [4.78, 5) is 23.8. The Hall–Kier alpha value is -3.04. The predicted molar refractivity (Wildman–Crippen MR) is 106 cm³/mol. The van der Waals surface area contributed by atoms with E-state index in [0.29, 0.717) is 33.7 Å². The fourth-order valence-corrected chi connectivity index (χ4v) is 3.30. The molecule has 0 aliphatic carbocycles. The van der Waals surface area contributed by atoms with Gasteiger partial charge in [-0.1, -0.05) is 23.4 Å². The first-order valence-electron chi connectivity index (χ1n) is 8.50. The van der Waals surface area contributed by atoms with Crippen LogP contribution in [0.2, 0.25) is 5.02 Å². The van der Waals surface area contributed by atoms with E-state index in [1.807, 2.05) is 0 Å². The number of carbonyl (C=O) groups is 2. The van der Waals surface area contributed by atoms with Gasteiger partial charge in [-0.25, -0.2) is 0 Å².